The van der Waals surface area contributed by atoms with Crippen molar-refractivity contribution in [3.63, 3.8) is 0 Å². The average Bonchev–Trinajstić information content (AvgIpc) is 2.72. The predicted molar refractivity (Wildman–Crippen MR) is 71.4 cm³/mol. The van der Waals surface area contributed by atoms with Gasteiger partial charge in [-0.15, -0.1) is 0 Å². The van der Waals surface area contributed by atoms with Gasteiger partial charge in [-0.05, 0) is 32.7 Å². The molecule has 2 aliphatic rings. The maximum Gasteiger partial charge on any atom is 0.230 e. The zero-order chi connectivity index (χ0) is 13.0. The monoisotopic (exact) mass is 254 g/mol. The van der Waals surface area contributed by atoms with Gasteiger partial charge in [0.05, 0.1) is 11.5 Å². The van der Waals surface area contributed by atoms with E-state index in [9.17, 15) is 4.79 Å². The third kappa shape index (κ3) is 2.86. The first-order chi connectivity index (χ1) is 8.68. The Labute approximate surface area is 110 Å². The van der Waals surface area contributed by atoms with Crippen molar-refractivity contribution in [3.8, 4) is 0 Å². The van der Waals surface area contributed by atoms with E-state index in [1.54, 1.807) is 0 Å². The fourth-order valence-electron chi connectivity index (χ4n) is 3.24. The lowest BCUT2D eigenvalue weighted by atomic mass is 9.81. The van der Waals surface area contributed by atoms with Crippen LogP contribution in [0.1, 0.15) is 39.5 Å². The number of carbonyl (C=O) groups excluding carboxylic acids is 1. The number of hydrogen-bond acceptors (Lipinski definition) is 3. The molecular formula is C14H26N2O2. The topological polar surface area (TPSA) is 41.6 Å². The highest BCUT2D eigenvalue weighted by atomic mass is 16.5. The van der Waals surface area contributed by atoms with Crippen molar-refractivity contribution in [1.82, 2.24) is 10.2 Å². The summed E-state index contributed by atoms with van der Waals surface area (Å²) < 4.78 is 5.63. The van der Waals surface area contributed by atoms with Gasteiger partial charge in [0.15, 0.2) is 0 Å². The molecule has 2 rings (SSSR count). The van der Waals surface area contributed by atoms with Gasteiger partial charge < -0.3 is 15.0 Å². The first kappa shape index (κ1) is 13.8. The summed E-state index contributed by atoms with van der Waals surface area (Å²) in [6.07, 6.45) is 4.21. The van der Waals surface area contributed by atoms with Crippen LogP contribution in [-0.4, -0.2) is 49.7 Å². The van der Waals surface area contributed by atoms with Gasteiger partial charge >= 0.3 is 0 Å². The Balaban J connectivity index is 2.07. The van der Waals surface area contributed by atoms with Gasteiger partial charge in [-0.1, -0.05) is 13.3 Å². The number of nitrogens with one attached hydrogen (secondary N) is 1. The molecule has 0 radical (unpaired) electrons. The van der Waals surface area contributed by atoms with Crippen LogP contribution in [0, 0.1) is 5.41 Å². The van der Waals surface area contributed by atoms with E-state index in [4.69, 9.17) is 4.74 Å². The molecule has 2 atom stereocenters. The minimum absolute atomic E-state index is 0.140. The summed E-state index contributed by atoms with van der Waals surface area (Å²) in [5, 5.41) is 3.37. The van der Waals surface area contributed by atoms with E-state index in [2.05, 4.69) is 19.2 Å². The molecule has 4 nitrogen and oxygen atoms in total. The highest BCUT2D eigenvalue weighted by Gasteiger charge is 2.43. The molecule has 2 fully saturated rings. The molecule has 1 amide bonds. The largest absolute Gasteiger partial charge is 0.377 e. The average molecular weight is 254 g/mol. The SMILES string of the molecule is CCCC1(C(=O)N2CCCOC(C)C2)CCNC1. The van der Waals surface area contributed by atoms with Crippen LogP contribution in [0.2, 0.25) is 0 Å². The third-order valence-electron chi connectivity index (χ3n) is 4.17. The zero-order valence-corrected chi connectivity index (χ0v) is 11.7. The Bertz CT molecular complexity index is 288. The van der Waals surface area contributed by atoms with Crippen molar-refractivity contribution in [1.29, 1.82) is 0 Å². The van der Waals surface area contributed by atoms with Crippen LogP contribution in [0.5, 0.6) is 0 Å². The Hall–Kier alpha value is -0.610. The first-order valence-electron chi connectivity index (χ1n) is 7.30. The molecule has 0 aliphatic carbocycles. The Morgan fingerprint density at radius 1 is 1.56 bits per heavy atom. The molecule has 0 bridgehead atoms. The molecule has 2 heterocycles. The lowest BCUT2D eigenvalue weighted by Gasteiger charge is -2.33. The number of amides is 1. The molecule has 2 aliphatic heterocycles. The van der Waals surface area contributed by atoms with Crippen LogP contribution in [0.3, 0.4) is 0 Å². The lowest BCUT2D eigenvalue weighted by molar-refractivity contribution is -0.142. The third-order valence-corrected chi connectivity index (χ3v) is 4.17. The summed E-state index contributed by atoms with van der Waals surface area (Å²) in [5.74, 6) is 0.353. The fourth-order valence-corrected chi connectivity index (χ4v) is 3.24. The van der Waals surface area contributed by atoms with Crippen molar-refractivity contribution in [2.75, 3.05) is 32.8 Å². The van der Waals surface area contributed by atoms with E-state index in [1.165, 1.54) is 0 Å². The highest BCUT2D eigenvalue weighted by Crippen LogP contribution is 2.33. The first-order valence-corrected chi connectivity index (χ1v) is 7.30. The van der Waals surface area contributed by atoms with E-state index >= 15 is 0 Å². The van der Waals surface area contributed by atoms with E-state index in [0.29, 0.717) is 5.91 Å². The standard InChI is InChI=1S/C14H26N2O2/c1-3-5-14(6-7-15-11-14)13(17)16-8-4-9-18-12(2)10-16/h12,15H,3-11H2,1-2H3. The van der Waals surface area contributed by atoms with E-state index in [0.717, 1.165) is 58.5 Å². The second-order valence-electron chi connectivity index (χ2n) is 5.74. The molecule has 0 aromatic rings. The van der Waals surface area contributed by atoms with E-state index < -0.39 is 0 Å². The minimum atomic E-state index is -0.140. The Kier molecular flexibility index (Phi) is 4.62. The summed E-state index contributed by atoms with van der Waals surface area (Å²) in [7, 11) is 0. The van der Waals surface area contributed by atoms with Gasteiger partial charge in [0, 0.05) is 26.2 Å². The molecule has 0 aromatic carbocycles. The zero-order valence-electron chi connectivity index (χ0n) is 11.7. The molecule has 0 aromatic heterocycles. The smallest absolute Gasteiger partial charge is 0.230 e. The number of rotatable bonds is 3. The molecule has 0 spiro atoms. The number of hydrogen-bond donors (Lipinski definition) is 1. The van der Waals surface area contributed by atoms with Gasteiger partial charge in [0.2, 0.25) is 5.91 Å². The summed E-state index contributed by atoms with van der Waals surface area (Å²) in [4.78, 5) is 14.9. The molecule has 2 saturated heterocycles. The van der Waals surface area contributed by atoms with E-state index in [1.807, 2.05) is 4.90 Å². The van der Waals surface area contributed by atoms with Gasteiger partial charge in [-0.3, -0.25) is 4.79 Å². The van der Waals surface area contributed by atoms with Crippen molar-refractivity contribution < 1.29 is 9.53 Å². The van der Waals surface area contributed by atoms with Crippen LogP contribution in [0.15, 0.2) is 0 Å². The molecule has 104 valence electrons. The number of carbonyl (C=O) groups is 1. The second kappa shape index (κ2) is 6.02. The van der Waals surface area contributed by atoms with Crippen LogP contribution >= 0.6 is 0 Å². The maximum atomic E-state index is 12.8. The van der Waals surface area contributed by atoms with Crippen LogP contribution < -0.4 is 5.32 Å². The van der Waals surface area contributed by atoms with Gasteiger partial charge in [-0.2, -0.15) is 0 Å². The van der Waals surface area contributed by atoms with Crippen LogP contribution in [0.4, 0.5) is 0 Å². The fraction of sp³-hybridized carbons (Fsp3) is 0.929. The molecule has 4 heteroatoms. The molecule has 0 saturated carbocycles. The molecule has 2 unspecified atom stereocenters. The summed E-state index contributed by atoms with van der Waals surface area (Å²) in [5.41, 5.74) is -0.140. The number of nitrogens with zero attached hydrogens (tertiary/aromatic N) is 1. The van der Waals surface area contributed by atoms with Gasteiger partial charge in [0.1, 0.15) is 0 Å². The Morgan fingerprint density at radius 2 is 2.39 bits per heavy atom. The summed E-state index contributed by atoms with van der Waals surface area (Å²) >= 11 is 0. The number of ether oxygens (including phenoxy) is 1. The quantitative estimate of drug-likeness (QED) is 0.828. The summed E-state index contributed by atoms with van der Waals surface area (Å²) in [6.45, 7) is 8.45. The predicted octanol–water partition coefficient (Wildman–Crippen LogP) is 1.40. The van der Waals surface area contributed by atoms with Crippen LogP contribution in [0.25, 0.3) is 0 Å². The van der Waals surface area contributed by atoms with Crippen molar-refractivity contribution >= 4 is 5.91 Å². The van der Waals surface area contributed by atoms with Crippen molar-refractivity contribution in [2.45, 2.75) is 45.6 Å². The van der Waals surface area contributed by atoms with Gasteiger partial charge in [-0.25, -0.2) is 0 Å². The van der Waals surface area contributed by atoms with E-state index in [-0.39, 0.29) is 11.5 Å². The summed E-state index contributed by atoms with van der Waals surface area (Å²) in [6, 6.07) is 0. The minimum Gasteiger partial charge on any atom is -0.377 e. The molecule has 18 heavy (non-hydrogen) atoms. The lowest BCUT2D eigenvalue weighted by Crippen LogP contribution is -2.47. The maximum absolute atomic E-state index is 12.8. The molecule has 1 N–H and O–H groups in total. The highest BCUT2D eigenvalue weighted by molar-refractivity contribution is 5.83. The van der Waals surface area contributed by atoms with Crippen molar-refractivity contribution in [3.05, 3.63) is 0 Å². The van der Waals surface area contributed by atoms with Gasteiger partial charge in [0.25, 0.3) is 0 Å². The van der Waals surface area contributed by atoms with Crippen molar-refractivity contribution in [2.24, 2.45) is 5.41 Å². The normalized spacial score (nSPS) is 33.4. The second-order valence-corrected chi connectivity index (χ2v) is 5.74. The molecular weight excluding hydrogens is 228 g/mol. The van der Waals surface area contributed by atoms with Crippen LogP contribution in [-0.2, 0) is 9.53 Å². The Morgan fingerprint density at radius 3 is 3.06 bits per heavy atom.